The average molecular weight is 187 g/mol. The van der Waals surface area contributed by atoms with Crippen LogP contribution in [-0.2, 0) is 4.79 Å². The molecule has 3 nitrogen and oxygen atoms in total. The zero-order valence-corrected chi connectivity index (χ0v) is 7.49. The number of rotatable bonds is 2. The van der Waals surface area contributed by atoms with Crippen molar-refractivity contribution in [1.29, 1.82) is 0 Å². The smallest absolute Gasteiger partial charge is 0.230 e. The van der Waals surface area contributed by atoms with E-state index in [1.54, 1.807) is 12.1 Å². The molecule has 0 aliphatic carbocycles. The Labute approximate surface area is 81.4 Å². The Balaban J connectivity index is 2.11. The van der Waals surface area contributed by atoms with Crippen LogP contribution in [0, 0.1) is 0 Å². The van der Waals surface area contributed by atoms with Crippen LogP contribution >= 0.6 is 0 Å². The summed E-state index contributed by atoms with van der Waals surface area (Å²) in [5, 5.41) is 2.54. The molecule has 14 heavy (non-hydrogen) atoms. The van der Waals surface area contributed by atoms with Crippen molar-refractivity contribution in [2.75, 3.05) is 0 Å². The first-order valence-corrected chi connectivity index (χ1v) is 4.35. The topological polar surface area (TPSA) is 46.2 Å². The van der Waals surface area contributed by atoms with E-state index >= 15 is 0 Å². The van der Waals surface area contributed by atoms with Gasteiger partial charge in [-0.3, -0.25) is 9.59 Å². The van der Waals surface area contributed by atoms with E-state index < -0.39 is 0 Å². The van der Waals surface area contributed by atoms with Gasteiger partial charge in [0, 0.05) is 17.3 Å². The molecule has 0 radical (unpaired) electrons. The second-order valence-electron chi connectivity index (χ2n) is 3.12. The summed E-state index contributed by atoms with van der Waals surface area (Å²) < 4.78 is 0. The van der Waals surface area contributed by atoms with Gasteiger partial charge in [0.2, 0.25) is 5.91 Å². The van der Waals surface area contributed by atoms with Crippen molar-refractivity contribution in [3.63, 3.8) is 0 Å². The van der Waals surface area contributed by atoms with Crippen LogP contribution < -0.4 is 5.32 Å². The number of ketones is 1. The Morgan fingerprint density at radius 1 is 1.29 bits per heavy atom. The van der Waals surface area contributed by atoms with Crippen molar-refractivity contribution >= 4 is 11.7 Å². The molecule has 0 unspecified atom stereocenters. The van der Waals surface area contributed by atoms with Gasteiger partial charge in [-0.05, 0) is 0 Å². The summed E-state index contributed by atoms with van der Waals surface area (Å²) in [6, 6.07) is 8.98. The van der Waals surface area contributed by atoms with Crippen LogP contribution in [0.3, 0.4) is 0 Å². The molecule has 2 rings (SSSR count). The number of nitrogens with one attached hydrogen (secondary N) is 1. The Bertz CT molecular complexity index is 397. The first-order chi connectivity index (χ1) is 6.75. The molecule has 1 heterocycles. The average Bonchev–Trinajstić information content (AvgIpc) is 2.17. The third-order valence-corrected chi connectivity index (χ3v) is 2.01. The van der Waals surface area contributed by atoms with Crippen molar-refractivity contribution in [2.45, 2.75) is 6.42 Å². The van der Waals surface area contributed by atoms with Gasteiger partial charge in [0.1, 0.15) is 0 Å². The molecule has 1 aliphatic rings. The van der Waals surface area contributed by atoms with E-state index in [-0.39, 0.29) is 11.7 Å². The number of benzene rings is 1. The Morgan fingerprint density at radius 2 is 1.93 bits per heavy atom. The summed E-state index contributed by atoms with van der Waals surface area (Å²) in [7, 11) is 0. The second kappa shape index (κ2) is 3.46. The Kier molecular flexibility index (Phi) is 2.14. The van der Waals surface area contributed by atoms with Gasteiger partial charge in [-0.25, -0.2) is 0 Å². The van der Waals surface area contributed by atoms with Crippen LogP contribution in [-0.4, -0.2) is 11.7 Å². The zero-order chi connectivity index (χ0) is 9.97. The highest BCUT2D eigenvalue weighted by Crippen LogP contribution is 2.10. The monoisotopic (exact) mass is 187 g/mol. The second-order valence-corrected chi connectivity index (χ2v) is 3.12. The van der Waals surface area contributed by atoms with Gasteiger partial charge in [-0.2, -0.15) is 0 Å². The predicted molar refractivity (Wildman–Crippen MR) is 51.6 cm³/mol. The summed E-state index contributed by atoms with van der Waals surface area (Å²) >= 11 is 0. The van der Waals surface area contributed by atoms with Crippen LogP contribution in [0.5, 0.6) is 0 Å². The van der Waals surface area contributed by atoms with Gasteiger partial charge in [0.15, 0.2) is 5.78 Å². The molecule has 1 amide bonds. The molecule has 3 heteroatoms. The lowest BCUT2D eigenvalue weighted by molar-refractivity contribution is -0.123. The van der Waals surface area contributed by atoms with E-state index in [4.69, 9.17) is 0 Å². The Hall–Kier alpha value is -1.90. The SMILES string of the molecule is O=C1C/C(=C/C(=O)c2ccccc2)N1. The van der Waals surface area contributed by atoms with Crippen molar-refractivity contribution in [2.24, 2.45) is 0 Å². The van der Waals surface area contributed by atoms with Crippen LogP contribution in [0.2, 0.25) is 0 Å². The third-order valence-electron chi connectivity index (χ3n) is 2.01. The van der Waals surface area contributed by atoms with Crippen LogP contribution in [0.4, 0.5) is 0 Å². The standard InChI is InChI=1S/C11H9NO2/c13-10(6-9-7-11(14)12-9)8-4-2-1-3-5-8/h1-6H,7H2,(H,12,14)/b9-6-. The van der Waals surface area contributed by atoms with Crippen molar-refractivity contribution < 1.29 is 9.59 Å². The predicted octanol–water partition coefficient (Wildman–Crippen LogP) is 1.27. The summed E-state index contributed by atoms with van der Waals surface area (Å²) in [4.78, 5) is 22.1. The quantitative estimate of drug-likeness (QED) is 0.430. The third kappa shape index (κ3) is 1.71. The maximum atomic E-state index is 11.5. The van der Waals surface area contributed by atoms with E-state index in [2.05, 4.69) is 5.32 Å². The Morgan fingerprint density at radius 3 is 2.50 bits per heavy atom. The van der Waals surface area contributed by atoms with Gasteiger partial charge < -0.3 is 5.32 Å². The lowest BCUT2D eigenvalue weighted by atomic mass is 10.1. The number of allylic oxidation sites excluding steroid dienone is 1. The highest BCUT2D eigenvalue weighted by atomic mass is 16.2. The molecule has 70 valence electrons. The minimum Gasteiger partial charge on any atom is -0.329 e. The van der Waals surface area contributed by atoms with E-state index in [1.807, 2.05) is 18.2 Å². The molecule has 0 saturated carbocycles. The van der Waals surface area contributed by atoms with Crippen LogP contribution in [0.15, 0.2) is 42.1 Å². The molecule has 1 aromatic rings. The molecule has 0 spiro atoms. The van der Waals surface area contributed by atoms with Gasteiger partial charge in [0.05, 0.1) is 6.42 Å². The molecular formula is C11H9NO2. The molecule has 0 bridgehead atoms. The van der Waals surface area contributed by atoms with E-state index in [0.717, 1.165) is 0 Å². The van der Waals surface area contributed by atoms with Crippen molar-refractivity contribution in [1.82, 2.24) is 5.32 Å². The molecule has 1 N–H and O–H groups in total. The molecule has 0 aromatic heterocycles. The first kappa shape index (κ1) is 8.69. The number of carbonyl (C=O) groups is 2. The first-order valence-electron chi connectivity index (χ1n) is 4.35. The number of hydrogen-bond donors (Lipinski definition) is 1. The minimum atomic E-state index is -0.0689. The molecule has 1 aliphatic heterocycles. The lowest BCUT2D eigenvalue weighted by Gasteiger charge is -2.17. The van der Waals surface area contributed by atoms with Crippen LogP contribution in [0.25, 0.3) is 0 Å². The number of β-lactam (4-membered cyclic amide) rings is 1. The number of carbonyl (C=O) groups excluding carboxylic acids is 2. The van der Waals surface area contributed by atoms with E-state index in [9.17, 15) is 9.59 Å². The minimum absolute atomic E-state index is 0.0305. The fourth-order valence-electron chi connectivity index (χ4n) is 1.26. The van der Waals surface area contributed by atoms with Crippen LogP contribution in [0.1, 0.15) is 16.8 Å². The lowest BCUT2D eigenvalue weighted by Crippen LogP contribution is -2.35. The molecule has 1 fully saturated rings. The largest absolute Gasteiger partial charge is 0.329 e. The van der Waals surface area contributed by atoms with Gasteiger partial charge in [0.25, 0.3) is 0 Å². The molecule has 1 aromatic carbocycles. The fraction of sp³-hybridized carbons (Fsp3) is 0.0909. The summed E-state index contributed by atoms with van der Waals surface area (Å²) in [5.74, 6) is -0.0993. The highest BCUT2D eigenvalue weighted by Gasteiger charge is 2.18. The number of amides is 1. The van der Waals surface area contributed by atoms with E-state index in [0.29, 0.717) is 17.7 Å². The van der Waals surface area contributed by atoms with Crippen molar-refractivity contribution in [3.8, 4) is 0 Å². The summed E-state index contributed by atoms with van der Waals surface area (Å²) in [6.07, 6.45) is 1.81. The molecular weight excluding hydrogens is 178 g/mol. The summed E-state index contributed by atoms with van der Waals surface area (Å²) in [6.45, 7) is 0. The maximum Gasteiger partial charge on any atom is 0.230 e. The zero-order valence-electron chi connectivity index (χ0n) is 7.49. The van der Waals surface area contributed by atoms with E-state index in [1.165, 1.54) is 6.08 Å². The maximum absolute atomic E-state index is 11.5. The molecule has 0 atom stereocenters. The highest BCUT2D eigenvalue weighted by molar-refractivity contribution is 6.06. The van der Waals surface area contributed by atoms with Crippen molar-refractivity contribution in [3.05, 3.63) is 47.7 Å². The summed E-state index contributed by atoms with van der Waals surface area (Å²) in [5.41, 5.74) is 1.34. The van der Waals surface area contributed by atoms with Gasteiger partial charge in [-0.1, -0.05) is 30.3 Å². The number of hydrogen-bond acceptors (Lipinski definition) is 2. The van der Waals surface area contributed by atoms with Gasteiger partial charge in [-0.15, -0.1) is 0 Å². The fourth-order valence-corrected chi connectivity index (χ4v) is 1.26. The normalized spacial score (nSPS) is 17.4. The molecule has 1 saturated heterocycles. The van der Waals surface area contributed by atoms with Gasteiger partial charge >= 0.3 is 0 Å².